The van der Waals surface area contributed by atoms with Crippen molar-refractivity contribution < 1.29 is 81.6 Å². The molecule has 0 bridgehead atoms. The Morgan fingerprint density at radius 3 is 2.40 bits per heavy atom. The maximum atomic E-state index is 13.0. The summed E-state index contributed by atoms with van der Waals surface area (Å²) in [4.78, 5) is 25.0. The van der Waals surface area contributed by atoms with Gasteiger partial charge in [-0.1, -0.05) is 25.5 Å². The first kappa shape index (κ1) is 48.4. The SMILES string of the molecule is COC1=C[C@H](C)O[C@@H](O[C@@H]2CC[C@@]3(C)C(=CC[C@H]4[C@H]5CC[C@](O)([C@@H](C)O[C@@H]6O[C@H]7OC[C@]8(C[C@@H](OC)[C@H](O[C@H]9C[C@H](OC)[C@H](O)[C@@H](C)O9)[C@@H](C)O8)OO[C@@H]7[C@@H](C)O6)[C@@]5(C)CC[C@@H]43)C2)C1=O. The number of methoxy groups -OCH3 is 3. The van der Waals surface area contributed by atoms with Gasteiger partial charge < -0.3 is 62.3 Å². The largest absolute Gasteiger partial charge is 0.493 e. The van der Waals surface area contributed by atoms with Gasteiger partial charge in [-0.2, -0.15) is 4.89 Å². The Balaban J connectivity index is 0.809. The van der Waals surface area contributed by atoms with Crippen molar-refractivity contribution in [2.45, 2.75) is 217 Å². The first-order valence-corrected chi connectivity index (χ1v) is 24.1. The standard InChI is InChI=1S/C48H74O17/c1-24-19-34(52-8)39(50)42(56-24)60-30-13-16-45(6)29(20-30)11-12-31-32(45)14-17-46(7)33(31)15-18-48(46,51)28(5)59-44-58-26(3)41-43(62-44)55-23-47(65-64-41)22-36(54-10)40(27(4)63-47)61-37-21-35(53-9)38(49)25(2)57-37/h11,19,24-28,30-33,35-38,40-44,49,51H,12-18,20-23H2,1-10H3/t24-,25+,26+,27+,28+,30+,31+,32-,33+,35-,36+,37-,38+,40+,41+,42-,43+,44+,45-,46-,47-,48-/m0/s1. The zero-order valence-corrected chi connectivity index (χ0v) is 39.8. The van der Waals surface area contributed by atoms with Crippen LogP contribution in [0.15, 0.2) is 23.5 Å². The molecule has 5 heterocycles. The molecular formula is C48H74O17. The number of ether oxygens (including phenoxy) is 12. The van der Waals surface area contributed by atoms with Crippen molar-refractivity contribution in [1.29, 1.82) is 0 Å². The van der Waals surface area contributed by atoms with E-state index in [1.54, 1.807) is 27.2 Å². The first-order valence-electron chi connectivity index (χ1n) is 24.1. The average Bonchev–Trinajstić information content (AvgIpc) is 3.44. The fraction of sp³-hybridized carbons (Fsp3) is 0.896. The Bertz CT molecular complexity index is 1780. The molecule has 4 aliphatic carbocycles. The first-order chi connectivity index (χ1) is 30.9. The highest BCUT2D eigenvalue weighted by atomic mass is 17.2. The molecule has 0 aromatic carbocycles. The Kier molecular flexibility index (Phi) is 13.8. The number of ketones is 1. The molecule has 4 saturated heterocycles. The zero-order valence-electron chi connectivity index (χ0n) is 39.8. The number of Topliss-reactive ketones (excluding diaryl/α,β-unsaturated/α-hetero) is 1. The van der Waals surface area contributed by atoms with Crippen LogP contribution in [0.1, 0.15) is 113 Å². The summed E-state index contributed by atoms with van der Waals surface area (Å²) in [6.45, 7) is 12.8. The van der Waals surface area contributed by atoms with E-state index in [2.05, 4.69) is 19.9 Å². The van der Waals surface area contributed by atoms with Crippen molar-refractivity contribution in [3.05, 3.63) is 23.5 Å². The number of aliphatic hydroxyl groups is 2. The molecule has 0 radical (unpaired) electrons. The summed E-state index contributed by atoms with van der Waals surface area (Å²) in [5, 5.41) is 23.3. The van der Waals surface area contributed by atoms with Crippen LogP contribution in [-0.2, 0) is 71.4 Å². The molecule has 368 valence electrons. The van der Waals surface area contributed by atoms with Crippen LogP contribution in [0.2, 0.25) is 0 Å². The maximum absolute atomic E-state index is 13.0. The van der Waals surface area contributed by atoms with Crippen LogP contribution in [0, 0.1) is 28.6 Å². The van der Waals surface area contributed by atoms with E-state index in [0.29, 0.717) is 36.4 Å². The second kappa shape index (κ2) is 18.6. The van der Waals surface area contributed by atoms with Crippen LogP contribution in [0.3, 0.4) is 0 Å². The van der Waals surface area contributed by atoms with Gasteiger partial charge in [0.1, 0.15) is 18.8 Å². The number of fused-ring (bicyclic) bond motifs is 6. The second-order valence-corrected chi connectivity index (χ2v) is 20.9. The summed E-state index contributed by atoms with van der Waals surface area (Å²) >= 11 is 0. The minimum atomic E-state index is -1.34. The highest BCUT2D eigenvalue weighted by molar-refractivity contribution is 5.96. The number of allylic oxidation sites excluding steroid dienone is 1. The van der Waals surface area contributed by atoms with Crippen LogP contribution < -0.4 is 0 Å². The van der Waals surface area contributed by atoms with Gasteiger partial charge in [0.2, 0.25) is 12.1 Å². The molecule has 9 rings (SSSR count). The Labute approximate surface area is 383 Å². The van der Waals surface area contributed by atoms with Gasteiger partial charge in [-0.25, -0.2) is 4.89 Å². The molecule has 9 aliphatic rings. The topological polar surface area (TPSA) is 187 Å². The second-order valence-electron chi connectivity index (χ2n) is 20.9. The molecule has 0 unspecified atom stereocenters. The quantitative estimate of drug-likeness (QED) is 0.217. The minimum absolute atomic E-state index is 0.0255. The summed E-state index contributed by atoms with van der Waals surface area (Å²) in [5.74, 6) is -0.0843. The van der Waals surface area contributed by atoms with Gasteiger partial charge in [-0.05, 0) is 115 Å². The van der Waals surface area contributed by atoms with Gasteiger partial charge in [0.25, 0.3) is 12.3 Å². The fourth-order valence-electron chi connectivity index (χ4n) is 13.5. The molecule has 17 nitrogen and oxygen atoms in total. The lowest BCUT2D eigenvalue weighted by Gasteiger charge is -2.59. The smallest absolute Gasteiger partial charge is 0.274 e. The highest BCUT2D eigenvalue weighted by Gasteiger charge is 2.66. The number of rotatable bonds is 10. The summed E-state index contributed by atoms with van der Waals surface area (Å²) in [6.07, 6.45) is 3.60. The van der Waals surface area contributed by atoms with Crippen molar-refractivity contribution in [1.82, 2.24) is 0 Å². The molecule has 0 amide bonds. The molecule has 1 spiro atoms. The van der Waals surface area contributed by atoms with Crippen molar-refractivity contribution >= 4 is 5.78 Å². The van der Waals surface area contributed by atoms with Gasteiger partial charge in [-0.3, -0.25) is 9.53 Å². The monoisotopic (exact) mass is 922 g/mol. The Hall–Kier alpha value is -1.65. The number of carbonyl (C=O) groups excluding carboxylic acids is 1. The van der Waals surface area contributed by atoms with Crippen molar-refractivity contribution in [2.75, 3.05) is 27.9 Å². The van der Waals surface area contributed by atoms with Crippen LogP contribution in [0.5, 0.6) is 0 Å². The molecular weight excluding hydrogens is 849 g/mol. The van der Waals surface area contributed by atoms with E-state index in [9.17, 15) is 15.0 Å². The summed E-state index contributed by atoms with van der Waals surface area (Å²) in [5.41, 5.74) is -0.0569. The number of aliphatic hydroxyl groups excluding tert-OH is 1. The number of hydrogen-bond donors (Lipinski definition) is 2. The summed E-state index contributed by atoms with van der Waals surface area (Å²) < 4.78 is 73.3. The molecule has 7 fully saturated rings. The zero-order chi connectivity index (χ0) is 46.2. The van der Waals surface area contributed by atoms with Crippen molar-refractivity contribution in [3.63, 3.8) is 0 Å². The van der Waals surface area contributed by atoms with Gasteiger partial charge in [0.15, 0.2) is 24.4 Å². The van der Waals surface area contributed by atoms with Gasteiger partial charge >= 0.3 is 0 Å². The molecule has 17 heteroatoms. The van der Waals surface area contributed by atoms with Gasteiger partial charge in [0, 0.05) is 32.5 Å². The van der Waals surface area contributed by atoms with Crippen LogP contribution in [0.25, 0.3) is 0 Å². The van der Waals surface area contributed by atoms with E-state index < -0.39 is 91.7 Å². The number of carbonyl (C=O) groups is 1. The van der Waals surface area contributed by atoms with E-state index in [0.717, 1.165) is 44.9 Å². The lowest BCUT2D eigenvalue weighted by Crippen LogP contribution is -2.60. The molecule has 65 heavy (non-hydrogen) atoms. The van der Waals surface area contributed by atoms with Crippen molar-refractivity contribution in [3.8, 4) is 0 Å². The van der Waals surface area contributed by atoms with E-state index in [1.165, 1.54) is 12.7 Å². The van der Waals surface area contributed by atoms with Crippen molar-refractivity contribution in [2.24, 2.45) is 28.6 Å². The molecule has 2 N–H and O–H groups in total. The lowest BCUT2D eigenvalue weighted by atomic mass is 9.46. The predicted molar refractivity (Wildman–Crippen MR) is 227 cm³/mol. The van der Waals surface area contributed by atoms with E-state index in [4.69, 9.17) is 66.6 Å². The molecule has 22 atom stereocenters. The third-order valence-electron chi connectivity index (χ3n) is 17.4. The Morgan fingerprint density at radius 1 is 0.877 bits per heavy atom. The van der Waals surface area contributed by atoms with Gasteiger partial charge in [-0.15, -0.1) is 0 Å². The normalized spacial score (nSPS) is 51.7. The molecule has 0 aromatic heterocycles. The predicted octanol–water partition coefficient (Wildman–Crippen LogP) is 5.12. The number of hydrogen-bond acceptors (Lipinski definition) is 17. The maximum Gasteiger partial charge on any atom is 0.274 e. The van der Waals surface area contributed by atoms with Gasteiger partial charge in [0.05, 0.1) is 61.5 Å². The fourth-order valence-corrected chi connectivity index (χ4v) is 13.5. The van der Waals surface area contributed by atoms with Crippen LogP contribution >= 0.6 is 0 Å². The molecule has 5 aliphatic heterocycles. The highest BCUT2D eigenvalue weighted by Crippen LogP contribution is 2.68. The summed E-state index contributed by atoms with van der Waals surface area (Å²) in [6, 6.07) is 0. The minimum Gasteiger partial charge on any atom is -0.493 e. The average molecular weight is 923 g/mol. The van der Waals surface area contributed by atoms with Crippen LogP contribution in [-0.4, -0.2) is 148 Å². The van der Waals surface area contributed by atoms with Crippen LogP contribution in [0.4, 0.5) is 0 Å². The van der Waals surface area contributed by atoms with E-state index in [1.807, 2.05) is 27.7 Å². The summed E-state index contributed by atoms with van der Waals surface area (Å²) in [7, 11) is 4.67. The van der Waals surface area contributed by atoms with E-state index in [-0.39, 0.29) is 41.8 Å². The Morgan fingerprint density at radius 2 is 1.65 bits per heavy atom. The molecule has 3 saturated carbocycles. The molecule has 0 aromatic rings. The third-order valence-corrected chi connectivity index (χ3v) is 17.4. The lowest BCUT2D eigenvalue weighted by molar-refractivity contribution is -0.489. The van der Waals surface area contributed by atoms with E-state index >= 15 is 0 Å². The third kappa shape index (κ3) is 8.62.